The van der Waals surface area contributed by atoms with Crippen LogP contribution in [0.25, 0.3) is 0 Å². The van der Waals surface area contributed by atoms with E-state index in [0.29, 0.717) is 13.0 Å². The SMILES string of the molecule is CC1NC(=O)CN(CCc2ccc(F)cc2)C1=O. The van der Waals surface area contributed by atoms with E-state index in [2.05, 4.69) is 5.32 Å². The standard InChI is InChI=1S/C13H15FN2O2/c1-9-13(18)16(8-12(17)15-9)7-6-10-2-4-11(14)5-3-10/h2-5,9H,6-8H2,1H3,(H,15,17). The van der Waals surface area contributed by atoms with Crippen LogP contribution in [0.3, 0.4) is 0 Å². The van der Waals surface area contributed by atoms with Gasteiger partial charge < -0.3 is 10.2 Å². The smallest absolute Gasteiger partial charge is 0.245 e. The minimum Gasteiger partial charge on any atom is -0.343 e. The zero-order chi connectivity index (χ0) is 13.1. The molecule has 1 N–H and O–H groups in total. The monoisotopic (exact) mass is 250 g/mol. The Balaban J connectivity index is 1.94. The summed E-state index contributed by atoms with van der Waals surface area (Å²) in [7, 11) is 0. The van der Waals surface area contributed by atoms with Gasteiger partial charge in [0.1, 0.15) is 11.9 Å². The second-order valence-corrected chi connectivity index (χ2v) is 4.43. The van der Waals surface area contributed by atoms with E-state index in [0.717, 1.165) is 5.56 Å². The summed E-state index contributed by atoms with van der Waals surface area (Å²) in [5.74, 6) is -0.487. The maximum Gasteiger partial charge on any atom is 0.245 e. The summed E-state index contributed by atoms with van der Waals surface area (Å²) in [6, 6.07) is 5.70. The molecule has 1 aromatic rings. The third-order valence-electron chi connectivity index (χ3n) is 2.98. The number of hydrogen-bond acceptors (Lipinski definition) is 2. The highest BCUT2D eigenvalue weighted by Crippen LogP contribution is 2.07. The Morgan fingerprint density at radius 1 is 1.33 bits per heavy atom. The molecule has 1 saturated heterocycles. The summed E-state index contributed by atoms with van der Waals surface area (Å²) in [4.78, 5) is 24.7. The first-order valence-electron chi connectivity index (χ1n) is 5.89. The van der Waals surface area contributed by atoms with Crippen LogP contribution in [0.4, 0.5) is 4.39 Å². The maximum absolute atomic E-state index is 12.7. The van der Waals surface area contributed by atoms with E-state index in [1.807, 2.05) is 0 Å². The van der Waals surface area contributed by atoms with E-state index in [9.17, 15) is 14.0 Å². The largest absolute Gasteiger partial charge is 0.343 e. The number of amides is 2. The molecule has 0 bridgehead atoms. The third-order valence-corrected chi connectivity index (χ3v) is 2.98. The summed E-state index contributed by atoms with van der Waals surface area (Å²) in [5.41, 5.74) is 0.947. The van der Waals surface area contributed by atoms with E-state index >= 15 is 0 Å². The van der Waals surface area contributed by atoms with E-state index in [1.54, 1.807) is 19.1 Å². The fraction of sp³-hybridized carbons (Fsp3) is 0.385. The van der Waals surface area contributed by atoms with E-state index in [1.165, 1.54) is 17.0 Å². The maximum atomic E-state index is 12.7. The molecule has 4 nitrogen and oxygen atoms in total. The summed E-state index contributed by atoms with van der Waals surface area (Å²) >= 11 is 0. The minimum absolute atomic E-state index is 0.0725. The summed E-state index contributed by atoms with van der Waals surface area (Å²) < 4.78 is 12.7. The van der Waals surface area contributed by atoms with Crippen molar-refractivity contribution in [2.24, 2.45) is 0 Å². The number of nitrogens with one attached hydrogen (secondary N) is 1. The third kappa shape index (κ3) is 2.85. The van der Waals surface area contributed by atoms with Crippen molar-refractivity contribution in [2.45, 2.75) is 19.4 Å². The minimum atomic E-state index is -0.459. The molecule has 2 rings (SSSR count). The van der Waals surface area contributed by atoms with Gasteiger partial charge in [-0.1, -0.05) is 12.1 Å². The van der Waals surface area contributed by atoms with E-state index < -0.39 is 6.04 Å². The van der Waals surface area contributed by atoms with Gasteiger partial charge in [0.25, 0.3) is 0 Å². The molecule has 1 aliphatic rings. The molecule has 1 atom stereocenters. The molecule has 18 heavy (non-hydrogen) atoms. The first-order chi connectivity index (χ1) is 8.56. The number of carbonyl (C=O) groups is 2. The molecule has 1 aliphatic heterocycles. The molecular formula is C13H15FN2O2. The summed E-state index contributed by atoms with van der Waals surface area (Å²) in [6.07, 6.45) is 0.617. The molecule has 1 aromatic carbocycles. The van der Waals surface area contributed by atoms with E-state index in [-0.39, 0.29) is 24.2 Å². The molecule has 1 heterocycles. The van der Waals surface area contributed by atoms with Crippen molar-refractivity contribution >= 4 is 11.8 Å². The highest BCUT2D eigenvalue weighted by Gasteiger charge is 2.28. The van der Waals surface area contributed by atoms with Gasteiger partial charge in [-0.3, -0.25) is 9.59 Å². The van der Waals surface area contributed by atoms with Crippen molar-refractivity contribution in [1.82, 2.24) is 10.2 Å². The molecule has 0 aromatic heterocycles. The Bertz CT molecular complexity index is 459. The number of nitrogens with zero attached hydrogens (tertiary/aromatic N) is 1. The first kappa shape index (κ1) is 12.5. The Kier molecular flexibility index (Phi) is 3.60. The number of piperazine rings is 1. The van der Waals surface area contributed by atoms with Crippen molar-refractivity contribution in [3.05, 3.63) is 35.6 Å². The Morgan fingerprint density at radius 2 is 2.00 bits per heavy atom. The Hall–Kier alpha value is -1.91. The topological polar surface area (TPSA) is 49.4 Å². The van der Waals surface area contributed by atoms with Crippen molar-refractivity contribution in [2.75, 3.05) is 13.1 Å². The van der Waals surface area contributed by atoms with Crippen LogP contribution in [0, 0.1) is 5.82 Å². The van der Waals surface area contributed by atoms with Crippen molar-refractivity contribution in [3.63, 3.8) is 0 Å². The number of halogens is 1. The second kappa shape index (κ2) is 5.16. The lowest BCUT2D eigenvalue weighted by Gasteiger charge is -2.30. The van der Waals surface area contributed by atoms with Gasteiger partial charge in [-0.05, 0) is 31.0 Å². The van der Waals surface area contributed by atoms with Gasteiger partial charge in [0, 0.05) is 6.54 Å². The quantitative estimate of drug-likeness (QED) is 0.859. The zero-order valence-electron chi connectivity index (χ0n) is 10.1. The predicted octanol–water partition coefficient (Wildman–Crippen LogP) is 0.715. The average molecular weight is 250 g/mol. The molecule has 1 unspecified atom stereocenters. The van der Waals surface area contributed by atoms with Gasteiger partial charge in [-0.25, -0.2) is 4.39 Å². The van der Waals surface area contributed by atoms with Crippen LogP contribution in [0.15, 0.2) is 24.3 Å². The second-order valence-electron chi connectivity index (χ2n) is 4.43. The van der Waals surface area contributed by atoms with Crippen LogP contribution in [0.1, 0.15) is 12.5 Å². The van der Waals surface area contributed by atoms with Gasteiger partial charge in [-0.2, -0.15) is 0 Å². The lowest BCUT2D eigenvalue weighted by atomic mass is 10.1. The molecule has 2 amide bonds. The first-order valence-corrected chi connectivity index (χ1v) is 5.89. The number of hydrogen-bond donors (Lipinski definition) is 1. The summed E-state index contributed by atoms with van der Waals surface area (Å²) in [6.45, 7) is 2.25. The highest BCUT2D eigenvalue weighted by molar-refractivity contribution is 5.94. The van der Waals surface area contributed by atoms with Crippen LogP contribution in [-0.2, 0) is 16.0 Å². The van der Waals surface area contributed by atoms with Crippen LogP contribution >= 0.6 is 0 Å². The van der Waals surface area contributed by atoms with Crippen LogP contribution in [-0.4, -0.2) is 35.8 Å². The van der Waals surface area contributed by atoms with Gasteiger partial charge in [0.05, 0.1) is 6.54 Å². The van der Waals surface area contributed by atoms with Gasteiger partial charge in [0.2, 0.25) is 11.8 Å². The summed E-state index contributed by atoms with van der Waals surface area (Å²) in [5, 5.41) is 2.58. The zero-order valence-corrected chi connectivity index (χ0v) is 10.1. The van der Waals surface area contributed by atoms with Crippen molar-refractivity contribution in [1.29, 1.82) is 0 Å². The van der Waals surface area contributed by atoms with Gasteiger partial charge in [0.15, 0.2) is 0 Å². The lowest BCUT2D eigenvalue weighted by molar-refractivity contribution is -0.143. The molecule has 0 radical (unpaired) electrons. The number of rotatable bonds is 3. The van der Waals surface area contributed by atoms with Gasteiger partial charge in [-0.15, -0.1) is 0 Å². The Labute approximate surface area is 105 Å². The lowest BCUT2D eigenvalue weighted by Crippen LogP contribution is -2.57. The molecule has 0 saturated carbocycles. The fourth-order valence-corrected chi connectivity index (χ4v) is 1.98. The van der Waals surface area contributed by atoms with Crippen LogP contribution < -0.4 is 5.32 Å². The molecule has 96 valence electrons. The number of carbonyl (C=O) groups excluding carboxylic acids is 2. The molecule has 5 heteroatoms. The Morgan fingerprint density at radius 3 is 2.67 bits per heavy atom. The van der Waals surface area contributed by atoms with Gasteiger partial charge >= 0.3 is 0 Å². The van der Waals surface area contributed by atoms with Crippen LogP contribution in [0.2, 0.25) is 0 Å². The van der Waals surface area contributed by atoms with Crippen LogP contribution in [0.5, 0.6) is 0 Å². The fourth-order valence-electron chi connectivity index (χ4n) is 1.98. The molecule has 0 spiro atoms. The molecule has 1 fully saturated rings. The van der Waals surface area contributed by atoms with Crippen molar-refractivity contribution < 1.29 is 14.0 Å². The molecular weight excluding hydrogens is 235 g/mol. The predicted molar refractivity (Wildman–Crippen MR) is 64.3 cm³/mol. The van der Waals surface area contributed by atoms with Crippen molar-refractivity contribution in [3.8, 4) is 0 Å². The normalized spacial score (nSPS) is 19.9. The number of benzene rings is 1. The molecule has 0 aliphatic carbocycles. The highest BCUT2D eigenvalue weighted by atomic mass is 19.1. The average Bonchev–Trinajstić information content (AvgIpc) is 2.34. The van der Waals surface area contributed by atoms with E-state index in [4.69, 9.17) is 0 Å².